The van der Waals surface area contributed by atoms with Crippen LogP contribution in [-0.2, 0) is 4.79 Å². The molecule has 2 rings (SSSR count). The highest BCUT2D eigenvalue weighted by Gasteiger charge is 2.37. The van der Waals surface area contributed by atoms with E-state index in [1.807, 2.05) is 19.1 Å². The van der Waals surface area contributed by atoms with Gasteiger partial charge >= 0.3 is 0 Å². The van der Waals surface area contributed by atoms with Crippen molar-refractivity contribution in [2.45, 2.75) is 51.5 Å². The summed E-state index contributed by atoms with van der Waals surface area (Å²) >= 11 is 0. The average molecular weight is 275 g/mol. The van der Waals surface area contributed by atoms with Gasteiger partial charge in [-0.3, -0.25) is 9.78 Å². The quantitative estimate of drug-likeness (QED) is 0.830. The topological polar surface area (TPSA) is 68.0 Å². The second kappa shape index (κ2) is 6.84. The molecule has 0 bridgehead atoms. The van der Waals surface area contributed by atoms with Crippen LogP contribution < -0.4 is 11.1 Å². The fraction of sp³-hybridized carbons (Fsp3) is 0.625. The average Bonchev–Trinajstić information content (AvgIpc) is 2.74. The molecular formula is C16H25N3O. The maximum Gasteiger partial charge on any atom is 0.227 e. The highest BCUT2D eigenvalue weighted by atomic mass is 16.2. The summed E-state index contributed by atoms with van der Waals surface area (Å²) in [5, 5.41) is 3.13. The Morgan fingerprint density at radius 2 is 2.10 bits per heavy atom. The Morgan fingerprint density at radius 1 is 1.40 bits per heavy atom. The van der Waals surface area contributed by atoms with Crippen LogP contribution >= 0.6 is 0 Å². The number of aromatic nitrogens is 1. The van der Waals surface area contributed by atoms with Gasteiger partial charge in [0, 0.05) is 18.9 Å². The summed E-state index contributed by atoms with van der Waals surface area (Å²) in [7, 11) is 0. The highest BCUT2D eigenvalue weighted by molar-refractivity contribution is 5.83. The Hall–Kier alpha value is -1.42. The van der Waals surface area contributed by atoms with E-state index in [2.05, 4.69) is 10.3 Å². The Balaban J connectivity index is 2.05. The van der Waals surface area contributed by atoms with Crippen LogP contribution in [0.5, 0.6) is 0 Å². The van der Waals surface area contributed by atoms with Crippen molar-refractivity contribution < 1.29 is 4.79 Å². The van der Waals surface area contributed by atoms with E-state index < -0.39 is 0 Å². The van der Waals surface area contributed by atoms with Crippen LogP contribution in [0.25, 0.3) is 0 Å². The number of rotatable bonds is 4. The van der Waals surface area contributed by atoms with Crippen molar-refractivity contribution in [1.29, 1.82) is 0 Å². The van der Waals surface area contributed by atoms with E-state index >= 15 is 0 Å². The Kier molecular flexibility index (Phi) is 5.12. The van der Waals surface area contributed by atoms with Crippen molar-refractivity contribution in [1.82, 2.24) is 10.3 Å². The van der Waals surface area contributed by atoms with Gasteiger partial charge in [0.25, 0.3) is 0 Å². The van der Waals surface area contributed by atoms with Crippen molar-refractivity contribution in [3.8, 4) is 0 Å². The summed E-state index contributed by atoms with van der Waals surface area (Å²) < 4.78 is 0. The number of carbonyl (C=O) groups excluding carboxylic acids is 1. The predicted octanol–water partition coefficient (Wildman–Crippen LogP) is 2.56. The fourth-order valence-electron chi connectivity index (χ4n) is 2.99. The minimum Gasteiger partial charge on any atom is -0.349 e. The maximum absolute atomic E-state index is 12.7. The minimum atomic E-state index is -0.368. The molecule has 3 N–H and O–H groups in total. The lowest BCUT2D eigenvalue weighted by molar-refractivity contribution is -0.132. The van der Waals surface area contributed by atoms with Crippen molar-refractivity contribution in [3.63, 3.8) is 0 Å². The molecule has 1 heterocycles. The molecule has 1 amide bonds. The van der Waals surface area contributed by atoms with Crippen LogP contribution in [0.15, 0.2) is 24.5 Å². The lowest BCUT2D eigenvalue weighted by Gasteiger charge is -2.31. The molecule has 1 aliphatic rings. The summed E-state index contributed by atoms with van der Waals surface area (Å²) in [6.07, 6.45) is 10.0. The molecule has 0 radical (unpaired) electrons. The molecule has 0 saturated heterocycles. The number of nitrogens with zero attached hydrogens (tertiary/aromatic N) is 1. The van der Waals surface area contributed by atoms with Crippen molar-refractivity contribution in [2.24, 2.45) is 11.1 Å². The Bertz CT molecular complexity index is 425. The molecule has 1 aromatic heterocycles. The highest BCUT2D eigenvalue weighted by Crippen LogP contribution is 2.35. The molecular weight excluding hydrogens is 250 g/mol. The number of nitrogens with one attached hydrogen (secondary N) is 1. The molecule has 1 atom stereocenters. The smallest absolute Gasteiger partial charge is 0.227 e. The van der Waals surface area contributed by atoms with Gasteiger partial charge < -0.3 is 11.1 Å². The van der Waals surface area contributed by atoms with E-state index in [1.54, 1.807) is 12.4 Å². The van der Waals surface area contributed by atoms with Crippen LogP contribution in [0.1, 0.15) is 57.1 Å². The standard InChI is InChI=1S/C16H25N3O/c1-13(14-7-6-10-18-11-14)19-15(20)16(12-17)8-4-2-3-5-9-16/h6-7,10-11,13H,2-5,8-9,12,17H2,1H3,(H,19,20). The number of amides is 1. The summed E-state index contributed by atoms with van der Waals surface area (Å²) in [6, 6.07) is 3.85. The van der Waals surface area contributed by atoms with Gasteiger partial charge in [0.05, 0.1) is 11.5 Å². The second-order valence-electron chi connectivity index (χ2n) is 5.88. The third-order valence-corrected chi connectivity index (χ3v) is 4.47. The van der Waals surface area contributed by atoms with Crippen molar-refractivity contribution in [2.75, 3.05) is 6.54 Å². The van der Waals surface area contributed by atoms with E-state index in [1.165, 1.54) is 12.8 Å². The van der Waals surface area contributed by atoms with E-state index in [4.69, 9.17) is 5.73 Å². The summed E-state index contributed by atoms with van der Waals surface area (Å²) in [5.74, 6) is 0.109. The van der Waals surface area contributed by atoms with Gasteiger partial charge in [-0.1, -0.05) is 31.7 Å². The number of hydrogen-bond acceptors (Lipinski definition) is 3. The zero-order chi connectivity index (χ0) is 14.4. The molecule has 4 heteroatoms. The summed E-state index contributed by atoms with van der Waals surface area (Å²) in [6.45, 7) is 2.44. The predicted molar refractivity (Wildman–Crippen MR) is 80.0 cm³/mol. The molecule has 1 unspecified atom stereocenters. The van der Waals surface area contributed by atoms with E-state index in [0.717, 1.165) is 31.2 Å². The molecule has 1 saturated carbocycles. The lowest BCUT2D eigenvalue weighted by atomic mass is 9.79. The van der Waals surface area contributed by atoms with Crippen LogP contribution in [0.3, 0.4) is 0 Å². The third kappa shape index (κ3) is 3.37. The van der Waals surface area contributed by atoms with Crippen molar-refractivity contribution >= 4 is 5.91 Å². The monoisotopic (exact) mass is 275 g/mol. The van der Waals surface area contributed by atoms with Gasteiger partial charge in [-0.2, -0.15) is 0 Å². The third-order valence-electron chi connectivity index (χ3n) is 4.47. The summed E-state index contributed by atoms with van der Waals surface area (Å²) in [4.78, 5) is 16.8. The molecule has 110 valence electrons. The van der Waals surface area contributed by atoms with Crippen LogP contribution in [0.2, 0.25) is 0 Å². The van der Waals surface area contributed by atoms with E-state index in [0.29, 0.717) is 6.54 Å². The fourth-order valence-corrected chi connectivity index (χ4v) is 2.99. The molecule has 1 aliphatic carbocycles. The van der Waals surface area contributed by atoms with Crippen LogP contribution in [0, 0.1) is 5.41 Å². The maximum atomic E-state index is 12.7. The number of pyridine rings is 1. The van der Waals surface area contributed by atoms with Gasteiger partial charge in [-0.15, -0.1) is 0 Å². The van der Waals surface area contributed by atoms with Gasteiger partial charge in [0.1, 0.15) is 0 Å². The number of carbonyl (C=O) groups is 1. The molecule has 4 nitrogen and oxygen atoms in total. The Labute approximate surface area is 121 Å². The van der Waals surface area contributed by atoms with Gasteiger partial charge in [0.2, 0.25) is 5.91 Å². The first-order chi connectivity index (χ1) is 9.68. The number of nitrogens with two attached hydrogens (primary N) is 1. The molecule has 0 aromatic carbocycles. The van der Waals surface area contributed by atoms with Gasteiger partial charge in [-0.25, -0.2) is 0 Å². The normalized spacial score (nSPS) is 19.9. The second-order valence-corrected chi connectivity index (χ2v) is 5.88. The van der Waals surface area contributed by atoms with E-state index in [-0.39, 0.29) is 17.4 Å². The summed E-state index contributed by atoms with van der Waals surface area (Å²) in [5.41, 5.74) is 6.61. The molecule has 0 aliphatic heterocycles. The molecule has 1 fully saturated rings. The molecule has 0 spiro atoms. The molecule has 1 aromatic rings. The minimum absolute atomic E-state index is 0.0251. The number of hydrogen-bond donors (Lipinski definition) is 2. The zero-order valence-electron chi connectivity index (χ0n) is 12.3. The van der Waals surface area contributed by atoms with Crippen molar-refractivity contribution in [3.05, 3.63) is 30.1 Å². The first-order valence-corrected chi connectivity index (χ1v) is 7.59. The SMILES string of the molecule is CC(NC(=O)C1(CN)CCCCCC1)c1cccnc1. The molecule has 20 heavy (non-hydrogen) atoms. The van der Waals surface area contributed by atoms with Gasteiger partial charge in [0.15, 0.2) is 0 Å². The first-order valence-electron chi connectivity index (χ1n) is 7.59. The van der Waals surface area contributed by atoms with Gasteiger partial charge in [-0.05, 0) is 31.4 Å². The van der Waals surface area contributed by atoms with Crippen LogP contribution in [0.4, 0.5) is 0 Å². The van der Waals surface area contributed by atoms with Crippen LogP contribution in [-0.4, -0.2) is 17.4 Å². The lowest BCUT2D eigenvalue weighted by Crippen LogP contribution is -2.46. The Morgan fingerprint density at radius 3 is 2.65 bits per heavy atom. The largest absolute Gasteiger partial charge is 0.349 e. The zero-order valence-corrected chi connectivity index (χ0v) is 12.3. The van der Waals surface area contributed by atoms with E-state index in [9.17, 15) is 4.79 Å². The first kappa shape index (κ1) is 15.0.